The molecule has 1 rings (SSSR count). The zero-order valence-corrected chi connectivity index (χ0v) is 10.4. The molecule has 1 N–H and O–H groups in total. The largest absolute Gasteiger partial charge is 0.478 e. The summed E-state index contributed by atoms with van der Waals surface area (Å²) in [4.78, 5) is 22.7. The van der Waals surface area contributed by atoms with Crippen molar-refractivity contribution < 1.29 is 19.4 Å². The molecule has 0 saturated carbocycles. The molecule has 0 bridgehead atoms. The third-order valence-electron chi connectivity index (χ3n) is 2.47. The van der Waals surface area contributed by atoms with Gasteiger partial charge in [0.05, 0.1) is 11.7 Å². The molecule has 0 aromatic heterocycles. The van der Waals surface area contributed by atoms with E-state index in [9.17, 15) is 9.59 Å². The van der Waals surface area contributed by atoms with Gasteiger partial charge in [-0.15, -0.1) is 0 Å². The van der Waals surface area contributed by atoms with Crippen LogP contribution in [-0.2, 0) is 14.3 Å². The molecule has 1 atom stereocenters. The highest BCUT2D eigenvalue weighted by molar-refractivity contribution is 6.19. The summed E-state index contributed by atoms with van der Waals surface area (Å²) < 4.78 is 5.02. The van der Waals surface area contributed by atoms with Gasteiger partial charge in [0.15, 0.2) is 0 Å². The SMILES string of the molecule is CCC(C)OC(=O)/C=C(/C(=O)O)c1ccccc1. The van der Waals surface area contributed by atoms with Crippen molar-refractivity contribution in [1.82, 2.24) is 0 Å². The maximum atomic E-state index is 11.5. The molecule has 96 valence electrons. The van der Waals surface area contributed by atoms with Crippen LogP contribution in [-0.4, -0.2) is 23.1 Å². The van der Waals surface area contributed by atoms with Gasteiger partial charge in [0.1, 0.15) is 0 Å². The van der Waals surface area contributed by atoms with Crippen LogP contribution in [0.3, 0.4) is 0 Å². The van der Waals surface area contributed by atoms with E-state index in [1.54, 1.807) is 37.3 Å². The standard InChI is InChI=1S/C14H16O4/c1-3-10(2)18-13(15)9-12(14(16)17)11-7-5-4-6-8-11/h4-10H,3H2,1-2H3,(H,16,17)/b12-9+. The molecule has 1 aromatic rings. The van der Waals surface area contributed by atoms with Gasteiger partial charge in [0.2, 0.25) is 0 Å². The number of aliphatic carboxylic acids is 1. The summed E-state index contributed by atoms with van der Waals surface area (Å²) in [5.41, 5.74) is 0.412. The first-order chi connectivity index (χ1) is 8.54. The van der Waals surface area contributed by atoms with Crippen LogP contribution in [0.5, 0.6) is 0 Å². The molecule has 0 aliphatic carbocycles. The second kappa shape index (κ2) is 6.59. The third-order valence-corrected chi connectivity index (χ3v) is 2.47. The van der Waals surface area contributed by atoms with E-state index >= 15 is 0 Å². The minimum absolute atomic E-state index is 0.0658. The Morgan fingerprint density at radius 2 is 1.94 bits per heavy atom. The number of rotatable bonds is 5. The van der Waals surface area contributed by atoms with Gasteiger partial charge in [0, 0.05) is 6.08 Å². The molecule has 0 heterocycles. The van der Waals surface area contributed by atoms with Crippen molar-refractivity contribution in [2.45, 2.75) is 26.4 Å². The van der Waals surface area contributed by atoms with Crippen molar-refractivity contribution in [2.24, 2.45) is 0 Å². The Hall–Kier alpha value is -2.10. The molecule has 4 heteroatoms. The van der Waals surface area contributed by atoms with Gasteiger partial charge in [-0.1, -0.05) is 37.3 Å². The van der Waals surface area contributed by atoms with Gasteiger partial charge in [-0.3, -0.25) is 0 Å². The first-order valence-corrected chi connectivity index (χ1v) is 5.75. The zero-order chi connectivity index (χ0) is 13.5. The van der Waals surface area contributed by atoms with Crippen molar-refractivity contribution in [3.8, 4) is 0 Å². The number of carboxylic acids is 1. The lowest BCUT2D eigenvalue weighted by Gasteiger charge is -2.09. The Morgan fingerprint density at radius 3 is 2.44 bits per heavy atom. The van der Waals surface area contributed by atoms with E-state index < -0.39 is 11.9 Å². The van der Waals surface area contributed by atoms with E-state index in [2.05, 4.69) is 0 Å². The molecule has 0 amide bonds. The number of esters is 1. The lowest BCUT2D eigenvalue weighted by atomic mass is 10.1. The maximum Gasteiger partial charge on any atom is 0.336 e. The highest BCUT2D eigenvalue weighted by Crippen LogP contribution is 2.14. The van der Waals surface area contributed by atoms with Crippen molar-refractivity contribution in [3.05, 3.63) is 42.0 Å². The fraction of sp³-hybridized carbons (Fsp3) is 0.286. The molecule has 0 spiro atoms. The van der Waals surface area contributed by atoms with Gasteiger partial charge >= 0.3 is 11.9 Å². The van der Waals surface area contributed by atoms with Crippen LogP contribution in [0.4, 0.5) is 0 Å². The minimum atomic E-state index is -1.15. The quantitative estimate of drug-likeness (QED) is 0.642. The first-order valence-electron chi connectivity index (χ1n) is 5.75. The second-order valence-electron chi connectivity index (χ2n) is 3.88. The summed E-state index contributed by atoms with van der Waals surface area (Å²) in [6.45, 7) is 3.64. The Balaban J connectivity index is 2.93. The van der Waals surface area contributed by atoms with Gasteiger partial charge in [0.25, 0.3) is 0 Å². The van der Waals surface area contributed by atoms with Gasteiger partial charge in [-0.05, 0) is 18.9 Å². The maximum absolute atomic E-state index is 11.5. The highest BCUT2D eigenvalue weighted by atomic mass is 16.5. The first kappa shape index (κ1) is 14.0. The minimum Gasteiger partial charge on any atom is -0.478 e. The van der Waals surface area contributed by atoms with Crippen LogP contribution < -0.4 is 0 Å². The van der Waals surface area contributed by atoms with Crippen LogP contribution in [0.15, 0.2) is 36.4 Å². The summed E-state index contributed by atoms with van der Waals surface area (Å²) >= 11 is 0. The zero-order valence-electron chi connectivity index (χ0n) is 10.4. The number of carbonyl (C=O) groups excluding carboxylic acids is 1. The normalized spacial score (nSPS) is 12.9. The van der Waals surface area contributed by atoms with Crippen LogP contribution >= 0.6 is 0 Å². The van der Waals surface area contributed by atoms with Crippen LogP contribution in [0.25, 0.3) is 5.57 Å². The van der Waals surface area contributed by atoms with Gasteiger partial charge in [-0.25, -0.2) is 9.59 Å². The molecule has 1 aromatic carbocycles. The van der Waals surface area contributed by atoms with E-state index in [1.165, 1.54) is 0 Å². The van der Waals surface area contributed by atoms with Crippen LogP contribution in [0, 0.1) is 0 Å². The van der Waals surface area contributed by atoms with Crippen molar-refractivity contribution >= 4 is 17.5 Å². The fourth-order valence-electron chi connectivity index (χ4n) is 1.32. The molecule has 0 saturated heterocycles. The van der Waals surface area contributed by atoms with Gasteiger partial charge < -0.3 is 9.84 Å². The average Bonchev–Trinajstić information content (AvgIpc) is 2.36. The lowest BCUT2D eigenvalue weighted by Crippen LogP contribution is -2.13. The van der Waals surface area contributed by atoms with E-state index in [1.807, 2.05) is 6.92 Å². The molecule has 4 nitrogen and oxygen atoms in total. The Bertz CT molecular complexity index is 448. The molecule has 0 aliphatic heterocycles. The smallest absolute Gasteiger partial charge is 0.336 e. The lowest BCUT2D eigenvalue weighted by molar-refractivity contribution is -0.142. The Labute approximate surface area is 106 Å². The van der Waals surface area contributed by atoms with Crippen LogP contribution in [0.2, 0.25) is 0 Å². The van der Waals surface area contributed by atoms with E-state index in [0.29, 0.717) is 12.0 Å². The van der Waals surface area contributed by atoms with E-state index in [4.69, 9.17) is 9.84 Å². The number of carboxylic acid groups (broad SMARTS) is 1. The predicted octanol–water partition coefficient (Wildman–Crippen LogP) is 2.50. The molecule has 0 radical (unpaired) electrons. The number of hydrogen-bond donors (Lipinski definition) is 1. The Morgan fingerprint density at radius 1 is 1.33 bits per heavy atom. The topological polar surface area (TPSA) is 63.6 Å². The van der Waals surface area contributed by atoms with Gasteiger partial charge in [-0.2, -0.15) is 0 Å². The molecular formula is C14H16O4. The monoisotopic (exact) mass is 248 g/mol. The predicted molar refractivity (Wildman–Crippen MR) is 67.9 cm³/mol. The van der Waals surface area contributed by atoms with Crippen molar-refractivity contribution in [2.75, 3.05) is 0 Å². The summed E-state index contributed by atoms with van der Waals surface area (Å²) in [5.74, 6) is -1.78. The Kier molecular flexibility index (Phi) is 5.11. The van der Waals surface area contributed by atoms with E-state index in [0.717, 1.165) is 6.08 Å². The average molecular weight is 248 g/mol. The second-order valence-corrected chi connectivity index (χ2v) is 3.88. The summed E-state index contributed by atoms with van der Waals surface area (Å²) in [6.07, 6.45) is 1.48. The molecule has 0 fully saturated rings. The van der Waals surface area contributed by atoms with E-state index in [-0.39, 0.29) is 11.7 Å². The van der Waals surface area contributed by atoms with Crippen molar-refractivity contribution in [1.29, 1.82) is 0 Å². The van der Waals surface area contributed by atoms with Crippen molar-refractivity contribution in [3.63, 3.8) is 0 Å². The summed E-state index contributed by atoms with van der Waals surface area (Å²) in [7, 11) is 0. The number of hydrogen-bond acceptors (Lipinski definition) is 3. The molecule has 0 aliphatic rings. The molecular weight excluding hydrogens is 232 g/mol. The fourth-order valence-corrected chi connectivity index (χ4v) is 1.32. The third kappa shape index (κ3) is 4.05. The highest BCUT2D eigenvalue weighted by Gasteiger charge is 2.14. The van der Waals surface area contributed by atoms with Crippen LogP contribution in [0.1, 0.15) is 25.8 Å². The molecule has 1 unspecified atom stereocenters. The number of benzene rings is 1. The molecule has 18 heavy (non-hydrogen) atoms. The number of ether oxygens (including phenoxy) is 1. The summed E-state index contributed by atoms with van der Waals surface area (Å²) in [6, 6.07) is 8.48. The summed E-state index contributed by atoms with van der Waals surface area (Å²) in [5, 5.41) is 9.09. The number of carbonyl (C=O) groups is 2.